The van der Waals surface area contributed by atoms with Crippen molar-refractivity contribution in [2.45, 2.75) is 53.0 Å². The van der Waals surface area contributed by atoms with Gasteiger partial charge in [-0.3, -0.25) is 4.79 Å². The van der Waals surface area contributed by atoms with Crippen molar-refractivity contribution >= 4 is 5.97 Å². The van der Waals surface area contributed by atoms with Crippen LogP contribution in [0, 0.1) is 5.92 Å². The number of carboxylic acids is 1. The van der Waals surface area contributed by atoms with Crippen LogP contribution in [0.2, 0.25) is 0 Å². The second-order valence-electron chi connectivity index (χ2n) is 3.25. The number of rotatable bonds is 4. The minimum Gasteiger partial charge on any atom is -0.480 e. The first kappa shape index (κ1) is 14.9. The molecule has 80 valence electrons. The van der Waals surface area contributed by atoms with Gasteiger partial charge >= 0.3 is 5.97 Å². The molecule has 2 unspecified atom stereocenters. The number of aliphatic carboxylic acids is 1. The third kappa shape index (κ3) is 9.34. The highest BCUT2D eigenvalue weighted by molar-refractivity contribution is 5.73. The molecule has 0 spiro atoms. The van der Waals surface area contributed by atoms with E-state index in [9.17, 15) is 4.79 Å². The number of unbranched alkanes of at least 4 members (excludes halogenated alkanes) is 1. The van der Waals surface area contributed by atoms with E-state index < -0.39 is 12.0 Å². The number of hydrogen-bond donors (Lipinski definition) is 2. The van der Waals surface area contributed by atoms with E-state index in [2.05, 4.69) is 13.8 Å². The van der Waals surface area contributed by atoms with Crippen molar-refractivity contribution in [3.63, 3.8) is 0 Å². The third-order valence-corrected chi connectivity index (χ3v) is 2.04. The molecule has 0 bridgehead atoms. The molecule has 0 aliphatic rings. The van der Waals surface area contributed by atoms with E-state index in [1.165, 1.54) is 12.8 Å². The normalized spacial score (nSPS) is 13.9. The van der Waals surface area contributed by atoms with Crippen LogP contribution < -0.4 is 5.73 Å². The van der Waals surface area contributed by atoms with Gasteiger partial charge < -0.3 is 10.8 Å². The molecule has 0 saturated heterocycles. The lowest BCUT2D eigenvalue weighted by Crippen LogP contribution is -2.36. The van der Waals surface area contributed by atoms with Gasteiger partial charge in [-0.2, -0.15) is 0 Å². The van der Waals surface area contributed by atoms with Crippen molar-refractivity contribution < 1.29 is 9.90 Å². The van der Waals surface area contributed by atoms with E-state index in [0.29, 0.717) is 0 Å². The highest BCUT2D eigenvalue weighted by Crippen LogP contribution is 2.04. The fraction of sp³-hybridized carbons (Fsp3) is 0.900. The summed E-state index contributed by atoms with van der Waals surface area (Å²) in [6.45, 7) is 8.12. The van der Waals surface area contributed by atoms with Crippen LogP contribution in [0.4, 0.5) is 0 Å². The molecule has 0 rings (SSSR count). The van der Waals surface area contributed by atoms with Crippen molar-refractivity contribution in [1.82, 2.24) is 0 Å². The monoisotopic (exact) mass is 189 g/mol. The van der Waals surface area contributed by atoms with Crippen molar-refractivity contribution in [3.8, 4) is 0 Å². The van der Waals surface area contributed by atoms with Gasteiger partial charge in [0.1, 0.15) is 6.04 Å². The first-order valence-electron chi connectivity index (χ1n) is 4.99. The number of nitrogens with two attached hydrogens (primary N) is 1. The van der Waals surface area contributed by atoms with Crippen LogP contribution in [0.1, 0.15) is 47.0 Å². The lowest BCUT2D eigenvalue weighted by atomic mass is 10.0. The Bertz CT molecular complexity index is 124. The molecule has 0 amide bonds. The molecule has 0 aliphatic carbocycles. The summed E-state index contributed by atoms with van der Waals surface area (Å²) < 4.78 is 0. The van der Waals surface area contributed by atoms with Crippen molar-refractivity contribution in [3.05, 3.63) is 0 Å². The maximum Gasteiger partial charge on any atom is 0.320 e. The Morgan fingerprint density at radius 1 is 1.31 bits per heavy atom. The van der Waals surface area contributed by atoms with Crippen molar-refractivity contribution in [2.75, 3.05) is 0 Å². The Morgan fingerprint density at radius 3 is 1.77 bits per heavy atom. The molecular weight excluding hydrogens is 166 g/mol. The van der Waals surface area contributed by atoms with Crippen LogP contribution in [0.15, 0.2) is 0 Å². The van der Waals surface area contributed by atoms with Crippen molar-refractivity contribution in [2.24, 2.45) is 11.7 Å². The van der Waals surface area contributed by atoms with Gasteiger partial charge in [0.05, 0.1) is 0 Å². The minimum absolute atomic E-state index is 0.0718. The molecule has 0 radical (unpaired) electrons. The van der Waals surface area contributed by atoms with Gasteiger partial charge in [0, 0.05) is 0 Å². The predicted molar refractivity (Wildman–Crippen MR) is 55.6 cm³/mol. The summed E-state index contributed by atoms with van der Waals surface area (Å²) in [7, 11) is 0. The zero-order valence-corrected chi connectivity index (χ0v) is 9.21. The fourth-order valence-corrected chi connectivity index (χ4v) is 0.497. The molecule has 3 nitrogen and oxygen atoms in total. The van der Waals surface area contributed by atoms with Gasteiger partial charge in [-0.25, -0.2) is 0 Å². The van der Waals surface area contributed by atoms with Crippen LogP contribution in [-0.4, -0.2) is 17.1 Å². The molecule has 0 heterocycles. The van der Waals surface area contributed by atoms with E-state index in [1.807, 2.05) is 13.8 Å². The van der Waals surface area contributed by atoms with Gasteiger partial charge in [0.25, 0.3) is 0 Å². The summed E-state index contributed by atoms with van der Waals surface area (Å²) >= 11 is 0. The zero-order chi connectivity index (χ0) is 10.9. The first-order valence-corrected chi connectivity index (χ1v) is 4.99. The Morgan fingerprint density at radius 2 is 1.69 bits per heavy atom. The molecule has 3 heteroatoms. The Labute approximate surface area is 81.3 Å². The van der Waals surface area contributed by atoms with E-state index in [1.54, 1.807) is 0 Å². The SMILES string of the molecule is CCC(C)C(N)C(=O)O.CCCC. The molecule has 0 fully saturated rings. The van der Waals surface area contributed by atoms with Crippen molar-refractivity contribution in [1.29, 1.82) is 0 Å². The lowest BCUT2D eigenvalue weighted by molar-refractivity contribution is -0.139. The topological polar surface area (TPSA) is 63.3 Å². The van der Waals surface area contributed by atoms with Gasteiger partial charge in [0.2, 0.25) is 0 Å². The Balaban J connectivity index is 0. The van der Waals surface area contributed by atoms with Gasteiger partial charge in [-0.15, -0.1) is 0 Å². The molecule has 0 aromatic carbocycles. The maximum absolute atomic E-state index is 10.2. The Hall–Kier alpha value is -0.570. The second-order valence-corrected chi connectivity index (χ2v) is 3.25. The molecule has 0 aromatic heterocycles. The zero-order valence-electron chi connectivity index (χ0n) is 9.21. The largest absolute Gasteiger partial charge is 0.480 e. The van der Waals surface area contributed by atoms with E-state index in [4.69, 9.17) is 10.8 Å². The van der Waals surface area contributed by atoms with Crippen LogP contribution in [-0.2, 0) is 4.79 Å². The standard InChI is InChI=1S/C6H13NO2.C4H10/c1-3-4(2)5(7)6(8)9;1-3-4-2/h4-5H,3,7H2,1-2H3,(H,8,9);3-4H2,1-2H3. The summed E-state index contributed by atoms with van der Waals surface area (Å²) in [4.78, 5) is 10.2. The highest BCUT2D eigenvalue weighted by Gasteiger charge is 2.17. The fourth-order valence-electron chi connectivity index (χ4n) is 0.497. The summed E-state index contributed by atoms with van der Waals surface area (Å²) in [5.41, 5.74) is 5.27. The molecule has 13 heavy (non-hydrogen) atoms. The first-order chi connectivity index (χ1) is 6.01. The quantitative estimate of drug-likeness (QED) is 0.713. The molecule has 0 saturated carbocycles. The number of carbonyl (C=O) groups is 1. The average Bonchev–Trinajstić information content (AvgIpc) is 2.15. The summed E-state index contributed by atoms with van der Waals surface area (Å²) in [6.07, 6.45) is 3.45. The smallest absolute Gasteiger partial charge is 0.320 e. The predicted octanol–water partition coefficient (Wildman–Crippen LogP) is 2.25. The number of carboxylic acid groups (broad SMARTS) is 1. The molecule has 0 aromatic rings. The highest BCUT2D eigenvalue weighted by atomic mass is 16.4. The molecule has 0 aliphatic heterocycles. The minimum atomic E-state index is -0.913. The summed E-state index contributed by atoms with van der Waals surface area (Å²) in [6, 6.07) is -0.699. The number of hydrogen-bond acceptors (Lipinski definition) is 2. The van der Waals surface area contributed by atoms with Gasteiger partial charge in [-0.05, 0) is 5.92 Å². The maximum atomic E-state index is 10.2. The summed E-state index contributed by atoms with van der Waals surface area (Å²) in [5.74, 6) is -0.841. The molecular formula is C10H23NO2. The second kappa shape index (κ2) is 9.52. The van der Waals surface area contributed by atoms with E-state index in [-0.39, 0.29) is 5.92 Å². The lowest BCUT2D eigenvalue weighted by Gasteiger charge is -2.11. The third-order valence-electron chi connectivity index (χ3n) is 2.04. The van der Waals surface area contributed by atoms with Crippen LogP contribution in [0.5, 0.6) is 0 Å². The summed E-state index contributed by atoms with van der Waals surface area (Å²) in [5, 5.41) is 8.36. The van der Waals surface area contributed by atoms with E-state index >= 15 is 0 Å². The Kier molecular flexibility index (Phi) is 10.9. The average molecular weight is 189 g/mol. The van der Waals surface area contributed by atoms with E-state index in [0.717, 1.165) is 6.42 Å². The molecule has 3 N–H and O–H groups in total. The van der Waals surface area contributed by atoms with Gasteiger partial charge in [-0.1, -0.05) is 47.0 Å². The van der Waals surface area contributed by atoms with Crippen LogP contribution in [0.3, 0.4) is 0 Å². The van der Waals surface area contributed by atoms with Gasteiger partial charge in [0.15, 0.2) is 0 Å². The van der Waals surface area contributed by atoms with Crippen LogP contribution >= 0.6 is 0 Å². The molecule has 2 atom stereocenters. The van der Waals surface area contributed by atoms with Crippen LogP contribution in [0.25, 0.3) is 0 Å².